The summed E-state index contributed by atoms with van der Waals surface area (Å²) in [5, 5.41) is 1.99. The van der Waals surface area contributed by atoms with Gasteiger partial charge >= 0.3 is 0 Å². The quantitative estimate of drug-likeness (QED) is 0.584. The van der Waals surface area contributed by atoms with Gasteiger partial charge in [-0.3, -0.25) is 9.52 Å². The number of thiazole rings is 1. The number of carbonyl (C=O) groups excluding carboxylic acids is 1. The molecule has 2 atom stereocenters. The van der Waals surface area contributed by atoms with Crippen LogP contribution < -0.4 is 9.46 Å². The Balaban J connectivity index is 1.38. The van der Waals surface area contributed by atoms with Crippen molar-refractivity contribution >= 4 is 32.4 Å². The highest BCUT2D eigenvalue weighted by molar-refractivity contribution is 7.93. The number of anilines is 1. The number of aromatic nitrogens is 1. The standard InChI is InChI=1S/C22H23N3O4S2/c1-16-13-25(14-18(16)15-29-19-5-3-2-4-6-19)21(26)17-7-9-20(10-8-17)31(27,28)24-22-23-11-12-30-22/h2-12,16,18H,13-15H2,1H3,(H,23,24)/t16-,18+/m0/s1. The molecule has 0 spiro atoms. The lowest BCUT2D eigenvalue weighted by molar-refractivity contribution is 0.0781. The lowest BCUT2D eigenvalue weighted by Crippen LogP contribution is -2.29. The Morgan fingerprint density at radius 2 is 1.90 bits per heavy atom. The smallest absolute Gasteiger partial charge is 0.263 e. The lowest BCUT2D eigenvalue weighted by atomic mass is 9.99. The van der Waals surface area contributed by atoms with Crippen LogP contribution in [0.2, 0.25) is 0 Å². The number of nitrogens with zero attached hydrogens (tertiary/aromatic N) is 2. The van der Waals surface area contributed by atoms with Crippen LogP contribution in [0.4, 0.5) is 5.13 Å². The summed E-state index contributed by atoms with van der Waals surface area (Å²) in [6.07, 6.45) is 1.53. The van der Waals surface area contributed by atoms with E-state index in [9.17, 15) is 13.2 Å². The molecule has 4 rings (SSSR count). The topological polar surface area (TPSA) is 88.6 Å². The minimum Gasteiger partial charge on any atom is -0.493 e. The third-order valence-electron chi connectivity index (χ3n) is 5.33. The molecule has 7 nitrogen and oxygen atoms in total. The zero-order chi connectivity index (χ0) is 21.8. The van der Waals surface area contributed by atoms with Gasteiger partial charge in [0.2, 0.25) is 0 Å². The number of para-hydroxylation sites is 1. The number of ether oxygens (including phenoxy) is 1. The molecule has 2 heterocycles. The van der Waals surface area contributed by atoms with Crippen molar-refractivity contribution in [3.63, 3.8) is 0 Å². The first-order chi connectivity index (χ1) is 14.9. The molecular formula is C22H23N3O4S2. The second-order valence-electron chi connectivity index (χ2n) is 7.54. The molecule has 1 aliphatic heterocycles. The van der Waals surface area contributed by atoms with Crippen LogP contribution >= 0.6 is 11.3 Å². The highest BCUT2D eigenvalue weighted by Gasteiger charge is 2.33. The molecule has 1 aliphatic rings. The first kappa shape index (κ1) is 21.3. The average molecular weight is 458 g/mol. The zero-order valence-corrected chi connectivity index (χ0v) is 18.6. The van der Waals surface area contributed by atoms with Crippen molar-refractivity contribution < 1.29 is 17.9 Å². The van der Waals surface area contributed by atoms with Gasteiger partial charge in [0, 0.05) is 36.1 Å². The Kier molecular flexibility index (Phi) is 6.24. The Hall–Kier alpha value is -2.91. The van der Waals surface area contributed by atoms with Crippen LogP contribution in [0.15, 0.2) is 71.1 Å². The number of hydrogen-bond acceptors (Lipinski definition) is 6. The number of nitrogens with one attached hydrogen (secondary N) is 1. The van der Waals surface area contributed by atoms with Crippen molar-refractivity contribution in [2.24, 2.45) is 11.8 Å². The van der Waals surface area contributed by atoms with Gasteiger partial charge in [-0.05, 0) is 42.3 Å². The summed E-state index contributed by atoms with van der Waals surface area (Å²) in [6.45, 7) is 3.92. The molecule has 0 radical (unpaired) electrons. The number of benzene rings is 2. The highest BCUT2D eigenvalue weighted by Crippen LogP contribution is 2.26. The second-order valence-corrected chi connectivity index (χ2v) is 10.1. The number of hydrogen-bond donors (Lipinski definition) is 1. The van der Waals surface area contributed by atoms with Crippen LogP contribution in [0.3, 0.4) is 0 Å². The minimum atomic E-state index is -3.74. The summed E-state index contributed by atoms with van der Waals surface area (Å²) >= 11 is 1.20. The predicted molar refractivity (Wildman–Crippen MR) is 120 cm³/mol. The van der Waals surface area contributed by atoms with Crippen molar-refractivity contribution in [2.45, 2.75) is 11.8 Å². The summed E-state index contributed by atoms with van der Waals surface area (Å²) in [5.41, 5.74) is 0.463. The van der Waals surface area contributed by atoms with Gasteiger partial charge in [0.25, 0.3) is 15.9 Å². The Bertz CT molecular complexity index is 1120. The number of carbonyl (C=O) groups is 1. The van der Waals surface area contributed by atoms with E-state index in [1.54, 1.807) is 22.4 Å². The SMILES string of the molecule is C[C@H]1CN(C(=O)c2ccc(S(=O)(=O)Nc3nccs3)cc2)C[C@@H]1COc1ccccc1. The van der Waals surface area contributed by atoms with E-state index in [4.69, 9.17) is 4.74 Å². The molecule has 1 saturated heterocycles. The Labute approximate surface area is 185 Å². The van der Waals surface area contributed by atoms with E-state index in [0.29, 0.717) is 36.3 Å². The maximum Gasteiger partial charge on any atom is 0.263 e. The van der Waals surface area contributed by atoms with Gasteiger partial charge in [-0.25, -0.2) is 13.4 Å². The summed E-state index contributed by atoms with van der Waals surface area (Å²) in [6, 6.07) is 15.6. The monoisotopic (exact) mass is 457 g/mol. The summed E-state index contributed by atoms with van der Waals surface area (Å²) in [4.78, 5) is 18.8. The fourth-order valence-corrected chi connectivity index (χ4v) is 5.33. The normalized spacial score (nSPS) is 18.7. The van der Waals surface area contributed by atoms with Crippen LogP contribution in [-0.2, 0) is 10.0 Å². The third-order valence-corrected chi connectivity index (χ3v) is 7.50. The predicted octanol–water partition coefficient (Wildman–Crippen LogP) is 3.73. The van der Waals surface area contributed by atoms with Gasteiger partial charge in [0.1, 0.15) is 5.75 Å². The van der Waals surface area contributed by atoms with Crippen molar-refractivity contribution in [1.82, 2.24) is 9.88 Å². The lowest BCUT2D eigenvalue weighted by Gasteiger charge is -2.17. The highest BCUT2D eigenvalue weighted by atomic mass is 32.2. The minimum absolute atomic E-state index is 0.0863. The zero-order valence-electron chi connectivity index (χ0n) is 17.0. The van der Waals surface area contributed by atoms with Crippen molar-refractivity contribution in [2.75, 3.05) is 24.4 Å². The first-order valence-corrected chi connectivity index (χ1v) is 12.3. The number of sulfonamides is 1. The molecule has 0 saturated carbocycles. The average Bonchev–Trinajstić information content (AvgIpc) is 3.41. The molecule has 0 bridgehead atoms. The molecule has 1 fully saturated rings. The molecular weight excluding hydrogens is 434 g/mol. The summed E-state index contributed by atoms with van der Waals surface area (Å²) < 4.78 is 33.2. The molecule has 1 aromatic heterocycles. The molecule has 1 N–H and O–H groups in total. The van der Waals surface area contributed by atoms with Crippen LogP contribution in [0.1, 0.15) is 17.3 Å². The molecule has 1 amide bonds. The van der Waals surface area contributed by atoms with Gasteiger partial charge in [0.15, 0.2) is 5.13 Å². The molecule has 0 aliphatic carbocycles. The summed E-state index contributed by atoms with van der Waals surface area (Å²) in [5.74, 6) is 1.27. The van der Waals surface area contributed by atoms with E-state index in [1.165, 1.54) is 29.7 Å². The Morgan fingerprint density at radius 1 is 1.16 bits per heavy atom. The molecule has 2 aromatic carbocycles. The largest absolute Gasteiger partial charge is 0.493 e. The fourth-order valence-electron chi connectivity index (χ4n) is 3.54. The van der Waals surface area contributed by atoms with Gasteiger partial charge in [-0.15, -0.1) is 11.3 Å². The van der Waals surface area contributed by atoms with Crippen molar-refractivity contribution in [1.29, 1.82) is 0 Å². The van der Waals surface area contributed by atoms with E-state index in [-0.39, 0.29) is 16.7 Å². The van der Waals surface area contributed by atoms with Gasteiger partial charge in [-0.2, -0.15) is 0 Å². The van der Waals surface area contributed by atoms with E-state index in [0.717, 1.165) is 5.75 Å². The van der Waals surface area contributed by atoms with Crippen LogP contribution in [0.5, 0.6) is 5.75 Å². The van der Waals surface area contributed by atoms with Crippen LogP contribution in [0, 0.1) is 11.8 Å². The maximum atomic E-state index is 12.9. The molecule has 31 heavy (non-hydrogen) atoms. The van der Waals surface area contributed by atoms with Gasteiger partial charge in [0.05, 0.1) is 11.5 Å². The molecule has 3 aromatic rings. The number of rotatable bonds is 7. The van der Waals surface area contributed by atoms with Gasteiger partial charge in [-0.1, -0.05) is 25.1 Å². The fraction of sp³-hybridized carbons (Fsp3) is 0.273. The van der Waals surface area contributed by atoms with Gasteiger partial charge < -0.3 is 9.64 Å². The first-order valence-electron chi connectivity index (χ1n) is 9.92. The Morgan fingerprint density at radius 3 is 2.58 bits per heavy atom. The third kappa shape index (κ3) is 5.05. The number of amides is 1. The maximum absolute atomic E-state index is 12.9. The van der Waals surface area contributed by atoms with Crippen molar-refractivity contribution in [3.8, 4) is 5.75 Å². The van der Waals surface area contributed by atoms with E-state index >= 15 is 0 Å². The summed E-state index contributed by atoms with van der Waals surface area (Å²) in [7, 11) is -3.74. The van der Waals surface area contributed by atoms with Crippen LogP contribution in [0.25, 0.3) is 0 Å². The molecule has 9 heteroatoms. The number of likely N-dealkylation sites (tertiary alicyclic amines) is 1. The van der Waals surface area contributed by atoms with E-state index in [1.807, 2.05) is 30.3 Å². The van der Waals surface area contributed by atoms with E-state index in [2.05, 4.69) is 16.6 Å². The molecule has 162 valence electrons. The van der Waals surface area contributed by atoms with Crippen molar-refractivity contribution in [3.05, 3.63) is 71.7 Å². The second kappa shape index (κ2) is 9.07. The molecule has 0 unspecified atom stereocenters. The van der Waals surface area contributed by atoms with Crippen LogP contribution in [-0.4, -0.2) is 43.9 Å². The van der Waals surface area contributed by atoms with E-state index < -0.39 is 10.0 Å².